The summed E-state index contributed by atoms with van der Waals surface area (Å²) in [6.07, 6.45) is 1.44. The maximum atomic E-state index is 12.4. The van der Waals surface area contributed by atoms with Gasteiger partial charge in [0.1, 0.15) is 5.39 Å². The van der Waals surface area contributed by atoms with Crippen molar-refractivity contribution in [3.05, 3.63) is 75.7 Å². The van der Waals surface area contributed by atoms with E-state index in [1.165, 1.54) is 23.0 Å². The van der Waals surface area contributed by atoms with Crippen molar-refractivity contribution >= 4 is 51.9 Å². The summed E-state index contributed by atoms with van der Waals surface area (Å²) in [7, 11) is 0. The number of fused-ring (bicyclic) bond motifs is 1. The molecular weight excluding hydrogens is 440 g/mol. The van der Waals surface area contributed by atoms with Gasteiger partial charge in [-0.1, -0.05) is 23.4 Å². The number of nitrogens with zero attached hydrogens (tertiary/aromatic N) is 3. The van der Waals surface area contributed by atoms with Gasteiger partial charge in [0.2, 0.25) is 11.8 Å². The van der Waals surface area contributed by atoms with Crippen molar-refractivity contribution in [1.29, 1.82) is 0 Å². The van der Waals surface area contributed by atoms with Crippen LogP contribution in [0.3, 0.4) is 0 Å². The Kier molecular flexibility index (Phi) is 5.74. The van der Waals surface area contributed by atoms with E-state index in [4.69, 9.17) is 17.3 Å². The third kappa shape index (κ3) is 4.60. The minimum absolute atomic E-state index is 0.0150. The molecule has 0 unspecified atom stereocenters. The average Bonchev–Trinajstić information content (AvgIpc) is 3.18. The first-order chi connectivity index (χ1) is 14.9. The molecule has 0 aliphatic carbocycles. The quantitative estimate of drug-likeness (QED) is 0.302. The molecule has 31 heavy (non-hydrogen) atoms. The lowest BCUT2D eigenvalue weighted by Gasteiger charge is -2.06. The second-order valence-electron chi connectivity index (χ2n) is 6.42. The van der Waals surface area contributed by atoms with Gasteiger partial charge in [-0.15, -0.1) is 0 Å². The van der Waals surface area contributed by atoms with Gasteiger partial charge >= 0.3 is 0 Å². The van der Waals surface area contributed by atoms with E-state index in [-0.39, 0.29) is 22.4 Å². The fraction of sp³-hybridized carbons (Fsp3) is 0.0500. The fourth-order valence-electron chi connectivity index (χ4n) is 2.79. The Labute approximate surface area is 184 Å². The predicted molar refractivity (Wildman–Crippen MR) is 119 cm³/mol. The van der Waals surface area contributed by atoms with Crippen molar-refractivity contribution in [2.45, 2.75) is 5.16 Å². The van der Waals surface area contributed by atoms with E-state index in [9.17, 15) is 14.4 Å². The predicted octanol–water partition coefficient (Wildman–Crippen LogP) is 2.59. The van der Waals surface area contributed by atoms with Crippen LogP contribution in [0, 0.1) is 0 Å². The van der Waals surface area contributed by atoms with E-state index in [0.717, 1.165) is 11.8 Å². The van der Waals surface area contributed by atoms with Crippen molar-refractivity contribution in [3.63, 3.8) is 0 Å². The van der Waals surface area contributed by atoms with Crippen LogP contribution in [0.5, 0.6) is 0 Å². The van der Waals surface area contributed by atoms with Crippen molar-refractivity contribution < 1.29 is 9.59 Å². The number of thioether (sulfide) groups is 1. The van der Waals surface area contributed by atoms with E-state index in [0.29, 0.717) is 33.0 Å². The summed E-state index contributed by atoms with van der Waals surface area (Å²) in [5, 5.41) is 8.14. The third-order valence-corrected chi connectivity index (χ3v) is 5.41. The molecule has 0 saturated heterocycles. The highest BCUT2D eigenvalue weighted by Gasteiger charge is 2.13. The largest absolute Gasteiger partial charge is 0.366 e. The lowest BCUT2D eigenvalue weighted by Crippen LogP contribution is -2.16. The summed E-state index contributed by atoms with van der Waals surface area (Å²) in [6.45, 7) is 0. The van der Waals surface area contributed by atoms with Gasteiger partial charge in [0.25, 0.3) is 5.56 Å². The Hall–Kier alpha value is -3.63. The van der Waals surface area contributed by atoms with Gasteiger partial charge in [0.05, 0.1) is 17.6 Å². The molecule has 0 bridgehead atoms. The van der Waals surface area contributed by atoms with E-state index in [1.807, 2.05) is 0 Å². The maximum Gasteiger partial charge on any atom is 0.262 e. The van der Waals surface area contributed by atoms with Crippen molar-refractivity contribution in [2.75, 3.05) is 11.1 Å². The second kappa shape index (κ2) is 8.62. The van der Waals surface area contributed by atoms with Gasteiger partial charge in [-0.2, -0.15) is 5.10 Å². The van der Waals surface area contributed by atoms with Crippen LogP contribution in [-0.4, -0.2) is 37.3 Å². The average molecular weight is 455 g/mol. The van der Waals surface area contributed by atoms with Gasteiger partial charge in [0.15, 0.2) is 10.8 Å². The summed E-state index contributed by atoms with van der Waals surface area (Å²) < 4.78 is 1.53. The molecule has 4 N–H and O–H groups in total. The summed E-state index contributed by atoms with van der Waals surface area (Å²) in [5.41, 5.74) is 6.79. The summed E-state index contributed by atoms with van der Waals surface area (Å²) in [5.74, 6) is -0.830. The molecule has 0 atom stereocenters. The van der Waals surface area contributed by atoms with Crippen LogP contribution in [0.1, 0.15) is 10.4 Å². The molecular formula is C20H15ClN6O3S. The first-order valence-electron chi connectivity index (χ1n) is 8.97. The van der Waals surface area contributed by atoms with Crippen molar-refractivity contribution in [3.8, 4) is 5.69 Å². The monoisotopic (exact) mass is 454 g/mol. The van der Waals surface area contributed by atoms with Crippen LogP contribution in [0.2, 0.25) is 5.02 Å². The maximum absolute atomic E-state index is 12.4. The topological polar surface area (TPSA) is 136 Å². The Morgan fingerprint density at radius 3 is 2.52 bits per heavy atom. The number of primary amides is 1. The number of nitrogens with one attached hydrogen (secondary N) is 2. The molecule has 0 aliphatic heterocycles. The molecule has 0 radical (unpaired) electrons. The number of rotatable bonds is 6. The lowest BCUT2D eigenvalue weighted by atomic mass is 10.2. The summed E-state index contributed by atoms with van der Waals surface area (Å²) in [4.78, 5) is 42.9. The van der Waals surface area contributed by atoms with Gasteiger partial charge in [-0.3, -0.25) is 14.4 Å². The number of hydrogen-bond donors (Lipinski definition) is 3. The Morgan fingerprint density at radius 1 is 1.13 bits per heavy atom. The van der Waals surface area contributed by atoms with Gasteiger partial charge in [-0.25, -0.2) is 9.67 Å². The number of nitrogens with two attached hydrogens (primary N) is 1. The normalized spacial score (nSPS) is 10.9. The SMILES string of the molecule is NC(=O)c1ccc(NC(=O)CSc2nc3c(cnn3-c3ccc(Cl)cc3)c(=O)[nH]2)cc1. The molecule has 0 aliphatic rings. The Morgan fingerprint density at radius 2 is 1.84 bits per heavy atom. The first kappa shape index (κ1) is 20.6. The smallest absolute Gasteiger partial charge is 0.262 e. The van der Waals surface area contributed by atoms with Crippen LogP contribution in [0.25, 0.3) is 16.7 Å². The fourth-order valence-corrected chi connectivity index (χ4v) is 3.57. The van der Waals surface area contributed by atoms with Crippen LogP contribution in [-0.2, 0) is 4.79 Å². The molecule has 2 amide bonds. The van der Waals surface area contributed by atoms with Crippen LogP contribution in [0.15, 0.2) is 64.7 Å². The van der Waals surface area contributed by atoms with E-state index < -0.39 is 5.91 Å². The first-order valence-corrected chi connectivity index (χ1v) is 10.3. The number of carbonyl (C=O) groups is 2. The Bertz CT molecular complexity index is 1330. The number of hydrogen-bond acceptors (Lipinski definition) is 6. The molecule has 4 rings (SSSR count). The molecule has 2 aromatic heterocycles. The zero-order valence-corrected chi connectivity index (χ0v) is 17.4. The van der Waals surface area contributed by atoms with Crippen LogP contribution in [0.4, 0.5) is 5.69 Å². The summed E-state index contributed by atoms with van der Waals surface area (Å²) in [6, 6.07) is 13.2. The number of amides is 2. The number of halogens is 1. The van der Waals surface area contributed by atoms with Gasteiger partial charge in [-0.05, 0) is 48.5 Å². The van der Waals surface area contributed by atoms with Crippen molar-refractivity contribution in [2.24, 2.45) is 5.73 Å². The zero-order chi connectivity index (χ0) is 22.0. The highest BCUT2D eigenvalue weighted by atomic mass is 35.5. The minimum atomic E-state index is -0.545. The summed E-state index contributed by atoms with van der Waals surface area (Å²) >= 11 is 7.01. The Balaban J connectivity index is 1.50. The highest BCUT2D eigenvalue weighted by molar-refractivity contribution is 7.99. The van der Waals surface area contributed by atoms with E-state index in [2.05, 4.69) is 20.4 Å². The molecule has 0 spiro atoms. The van der Waals surface area contributed by atoms with E-state index in [1.54, 1.807) is 36.4 Å². The van der Waals surface area contributed by atoms with Gasteiger partial charge in [0, 0.05) is 16.3 Å². The molecule has 11 heteroatoms. The van der Waals surface area contributed by atoms with Crippen LogP contribution >= 0.6 is 23.4 Å². The second-order valence-corrected chi connectivity index (χ2v) is 7.82. The number of anilines is 1. The van der Waals surface area contributed by atoms with Crippen molar-refractivity contribution in [1.82, 2.24) is 19.7 Å². The number of H-pyrrole nitrogens is 1. The number of carbonyl (C=O) groups excluding carboxylic acids is 2. The number of benzene rings is 2. The van der Waals surface area contributed by atoms with Gasteiger partial charge < -0.3 is 16.0 Å². The molecule has 156 valence electrons. The molecule has 2 aromatic carbocycles. The van der Waals surface area contributed by atoms with Crippen LogP contribution < -0.4 is 16.6 Å². The number of aromatic nitrogens is 4. The molecule has 4 aromatic rings. The molecule has 0 fully saturated rings. The molecule has 0 saturated carbocycles. The lowest BCUT2D eigenvalue weighted by molar-refractivity contribution is -0.113. The molecule has 2 heterocycles. The highest BCUT2D eigenvalue weighted by Crippen LogP contribution is 2.19. The molecule has 9 nitrogen and oxygen atoms in total. The zero-order valence-electron chi connectivity index (χ0n) is 15.8. The standard InChI is InChI=1S/C20H15ClN6O3S/c21-12-3-7-14(8-4-12)27-18-15(9-23-27)19(30)26-20(25-18)31-10-16(28)24-13-5-1-11(2-6-13)17(22)29/h1-9H,10H2,(H2,22,29)(H,24,28)(H,25,26,30). The third-order valence-electron chi connectivity index (χ3n) is 4.28. The number of aromatic amines is 1. The van der Waals surface area contributed by atoms with E-state index >= 15 is 0 Å². The minimum Gasteiger partial charge on any atom is -0.366 e.